The van der Waals surface area contributed by atoms with E-state index in [1.54, 1.807) is 27.8 Å². The van der Waals surface area contributed by atoms with Crippen LogP contribution >= 0.6 is 24.0 Å². The van der Waals surface area contributed by atoms with Gasteiger partial charge in [-0.2, -0.15) is 5.10 Å². The van der Waals surface area contributed by atoms with Crippen molar-refractivity contribution in [3.63, 3.8) is 0 Å². The van der Waals surface area contributed by atoms with Crippen LogP contribution in [0, 0.1) is 5.82 Å². The second kappa shape index (κ2) is 10.9. The largest absolute Gasteiger partial charge is 0.491 e. The van der Waals surface area contributed by atoms with Crippen LogP contribution in [0.15, 0.2) is 59.6 Å². The van der Waals surface area contributed by atoms with E-state index in [0.29, 0.717) is 39.2 Å². The van der Waals surface area contributed by atoms with Crippen molar-refractivity contribution >= 4 is 40.3 Å². The molecule has 1 atom stereocenters. The van der Waals surface area contributed by atoms with Gasteiger partial charge in [0.15, 0.2) is 11.6 Å². The Morgan fingerprint density at radius 1 is 1.28 bits per heavy atom. The van der Waals surface area contributed by atoms with Gasteiger partial charge >= 0.3 is 0 Å². The zero-order valence-corrected chi connectivity index (χ0v) is 21.5. The molecule has 0 aliphatic carbocycles. The average Bonchev–Trinajstić information content (AvgIpc) is 3.61. The summed E-state index contributed by atoms with van der Waals surface area (Å²) in [5.74, 6) is -0.392. The van der Waals surface area contributed by atoms with Crippen molar-refractivity contribution in [1.82, 2.24) is 14.7 Å². The number of carbonyl (C=O) groups excluding carboxylic acids is 1. The first-order valence-electron chi connectivity index (χ1n) is 12.0. The van der Waals surface area contributed by atoms with Crippen molar-refractivity contribution in [2.45, 2.75) is 32.3 Å². The van der Waals surface area contributed by atoms with Gasteiger partial charge < -0.3 is 9.47 Å². The molecule has 36 heavy (non-hydrogen) atoms. The van der Waals surface area contributed by atoms with E-state index in [2.05, 4.69) is 0 Å². The maximum absolute atomic E-state index is 14.8. The van der Waals surface area contributed by atoms with Gasteiger partial charge in [-0.05, 0) is 55.7 Å². The minimum atomic E-state index is -0.455. The molecular weight excluding hydrogens is 497 g/mol. The molecule has 1 amide bonds. The van der Waals surface area contributed by atoms with Crippen LogP contribution in [0.4, 0.5) is 4.39 Å². The Morgan fingerprint density at radius 2 is 2.11 bits per heavy atom. The normalized spacial score (nSPS) is 19.0. The van der Waals surface area contributed by atoms with Crippen molar-refractivity contribution in [3.8, 4) is 22.7 Å². The highest BCUT2D eigenvalue weighted by Gasteiger charge is 2.35. The summed E-state index contributed by atoms with van der Waals surface area (Å²) < 4.78 is 28.2. The predicted molar refractivity (Wildman–Crippen MR) is 144 cm³/mol. The zero-order chi connectivity index (χ0) is 25.1. The molecule has 9 heteroatoms. The Balaban J connectivity index is 1.50. The molecule has 3 heterocycles. The first-order chi connectivity index (χ1) is 17.5. The van der Waals surface area contributed by atoms with Crippen molar-refractivity contribution in [1.29, 1.82) is 0 Å². The highest BCUT2D eigenvalue weighted by molar-refractivity contribution is 8.26. The molecule has 186 valence electrons. The minimum Gasteiger partial charge on any atom is -0.491 e. The Kier molecular flexibility index (Phi) is 7.50. The summed E-state index contributed by atoms with van der Waals surface area (Å²) in [5, 5.41) is 4.75. The predicted octanol–water partition coefficient (Wildman–Crippen LogP) is 5.85. The Morgan fingerprint density at radius 3 is 2.83 bits per heavy atom. The van der Waals surface area contributed by atoms with E-state index in [1.165, 1.54) is 17.8 Å². The monoisotopic (exact) mass is 523 g/mol. The number of rotatable bonds is 8. The quantitative estimate of drug-likeness (QED) is 0.273. The molecule has 0 radical (unpaired) electrons. The van der Waals surface area contributed by atoms with E-state index in [0.717, 1.165) is 31.6 Å². The fourth-order valence-corrected chi connectivity index (χ4v) is 5.46. The fraction of sp³-hybridized carbons (Fsp3) is 0.296. The number of thiocarbonyl (C=S) groups is 1. The molecule has 0 N–H and O–H groups in total. The third-order valence-corrected chi connectivity index (χ3v) is 7.38. The van der Waals surface area contributed by atoms with Gasteiger partial charge in [0.1, 0.15) is 10.0 Å². The average molecular weight is 524 g/mol. The second-order valence-electron chi connectivity index (χ2n) is 8.63. The van der Waals surface area contributed by atoms with Crippen LogP contribution < -0.4 is 4.74 Å². The number of para-hydroxylation sites is 1. The molecule has 2 aromatic carbocycles. The standard InChI is InChI=1S/C27H26FN3O3S2/c1-2-12-34-23-11-10-18(14-22(23)28)25-19(16-31(29-25)20-7-4-3-5-8-20)15-24-26(32)30(27(35)36-24)17-21-9-6-13-33-21/h3-5,7-8,10-11,14-16,21H,2,6,9,12-13,17H2,1H3/b24-15-/t21-/m0/s1. The Bertz CT molecular complexity index is 1300. The molecule has 2 saturated heterocycles. The van der Waals surface area contributed by atoms with Gasteiger partial charge in [0.05, 0.1) is 29.8 Å². The lowest BCUT2D eigenvalue weighted by atomic mass is 10.1. The number of hydrogen-bond acceptors (Lipinski definition) is 6. The van der Waals surface area contributed by atoms with Gasteiger partial charge in [0.25, 0.3) is 5.91 Å². The van der Waals surface area contributed by atoms with E-state index >= 15 is 0 Å². The smallest absolute Gasteiger partial charge is 0.266 e. The van der Waals surface area contributed by atoms with Gasteiger partial charge in [-0.15, -0.1) is 0 Å². The number of amides is 1. The van der Waals surface area contributed by atoms with Gasteiger partial charge in [0, 0.05) is 23.9 Å². The molecule has 2 aliphatic heterocycles. The third kappa shape index (κ3) is 5.23. The number of nitrogens with zero attached hydrogens (tertiary/aromatic N) is 3. The number of benzene rings is 2. The van der Waals surface area contributed by atoms with Crippen LogP contribution in [0.25, 0.3) is 23.0 Å². The van der Waals surface area contributed by atoms with Crippen LogP contribution in [-0.4, -0.2) is 50.8 Å². The van der Waals surface area contributed by atoms with Crippen LogP contribution in [0.2, 0.25) is 0 Å². The number of aromatic nitrogens is 2. The van der Waals surface area contributed by atoms with Crippen molar-refractivity contribution in [3.05, 3.63) is 71.0 Å². The summed E-state index contributed by atoms with van der Waals surface area (Å²) in [6, 6.07) is 14.5. The number of carbonyl (C=O) groups is 1. The van der Waals surface area contributed by atoms with Gasteiger partial charge in [-0.25, -0.2) is 9.07 Å². The lowest BCUT2D eigenvalue weighted by Gasteiger charge is -2.18. The van der Waals surface area contributed by atoms with Crippen LogP contribution in [-0.2, 0) is 9.53 Å². The number of halogens is 1. The van der Waals surface area contributed by atoms with E-state index in [9.17, 15) is 9.18 Å². The maximum atomic E-state index is 14.8. The SMILES string of the molecule is CCCOc1ccc(-c2nn(-c3ccccc3)cc2/C=C2\SC(=S)N(C[C@@H]3CCCO3)C2=O)cc1F. The molecule has 5 rings (SSSR count). The van der Waals surface area contributed by atoms with E-state index in [4.69, 9.17) is 26.8 Å². The van der Waals surface area contributed by atoms with Crippen LogP contribution in [0.3, 0.4) is 0 Å². The summed E-state index contributed by atoms with van der Waals surface area (Å²) in [6.45, 7) is 3.59. The fourth-order valence-electron chi connectivity index (χ4n) is 4.20. The van der Waals surface area contributed by atoms with Crippen LogP contribution in [0.1, 0.15) is 31.7 Å². The number of hydrogen-bond donors (Lipinski definition) is 0. The molecule has 0 saturated carbocycles. The third-order valence-electron chi connectivity index (χ3n) is 6.00. The molecule has 0 bridgehead atoms. The topological polar surface area (TPSA) is 56.6 Å². The van der Waals surface area contributed by atoms with E-state index < -0.39 is 5.82 Å². The molecule has 6 nitrogen and oxygen atoms in total. The zero-order valence-electron chi connectivity index (χ0n) is 19.9. The number of thioether (sulfide) groups is 1. The first kappa shape index (κ1) is 24.7. The second-order valence-corrected chi connectivity index (χ2v) is 10.3. The molecule has 0 unspecified atom stereocenters. The molecule has 2 fully saturated rings. The lowest BCUT2D eigenvalue weighted by molar-refractivity contribution is -0.123. The number of ether oxygens (including phenoxy) is 2. The summed E-state index contributed by atoms with van der Waals surface area (Å²) >= 11 is 6.77. The van der Waals surface area contributed by atoms with E-state index in [-0.39, 0.29) is 17.8 Å². The summed E-state index contributed by atoms with van der Waals surface area (Å²) in [6.07, 6.45) is 6.36. The van der Waals surface area contributed by atoms with Crippen molar-refractivity contribution in [2.24, 2.45) is 0 Å². The lowest BCUT2D eigenvalue weighted by Crippen LogP contribution is -2.35. The highest BCUT2D eigenvalue weighted by atomic mass is 32.2. The minimum absolute atomic E-state index is 0.0136. The first-order valence-corrected chi connectivity index (χ1v) is 13.2. The Hall–Kier alpha value is -3.01. The highest BCUT2D eigenvalue weighted by Crippen LogP contribution is 2.36. The summed E-state index contributed by atoms with van der Waals surface area (Å²) in [4.78, 5) is 15.3. The maximum Gasteiger partial charge on any atom is 0.266 e. The Labute approximate surface area is 219 Å². The van der Waals surface area contributed by atoms with Gasteiger partial charge in [-0.1, -0.05) is 49.1 Å². The van der Waals surface area contributed by atoms with Gasteiger partial charge in [-0.3, -0.25) is 9.69 Å². The van der Waals surface area contributed by atoms with Gasteiger partial charge in [0.2, 0.25) is 0 Å². The van der Waals surface area contributed by atoms with Crippen molar-refractivity contribution in [2.75, 3.05) is 19.8 Å². The molecule has 2 aliphatic rings. The molecule has 1 aromatic heterocycles. The molecular formula is C27H26FN3O3S2. The molecule has 0 spiro atoms. The molecule has 3 aromatic rings. The summed E-state index contributed by atoms with van der Waals surface area (Å²) in [7, 11) is 0. The van der Waals surface area contributed by atoms with E-state index in [1.807, 2.05) is 43.5 Å². The van der Waals surface area contributed by atoms with Crippen LogP contribution in [0.5, 0.6) is 5.75 Å². The summed E-state index contributed by atoms with van der Waals surface area (Å²) in [5.41, 5.74) is 2.70. The van der Waals surface area contributed by atoms with Crippen molar-refractivity contribution < 1.29 is 18.7 Å².